The molecule has 0 aliphatic rings. The molecule has 1 amide bonds. The highest BCUT2D eigenvalue weighted by Gasteiger charge is 2.18. The first-order chi connectivity index (χ1) is 47.5. The smallest absolute Gasteiger partial charge is 0.305 e. The Hall–Kier alpha value is -1.92. The summed E-state index contributed by atoms with van der Waals surface area (Å²) in [6.07, 6.45) is 113. The van der Waals surface area contributed by atoms with Crippen molar-refractivity contribution in [2.75, 3.05) is 13.2 Å². The molecular formula is C90H173NO5. The van der Waals surface area contributed by atoms with Gasteiger partial charge in [-0.3, -0.25) is 9.59 Å². The van der Waals surface area contributed by atoms with Gasteiger partial charge in [0.15, 0.2) is 0 Å². The highest BCUT2D eigenvalue weighted by Crippen LogP contribution is 2.21. The second kappa shape index (κ2) is 85.5. The summed E-state index contributed by atoms with van der Waals surface area (Å²) in [7, 11) is 0. The third-order valence-corrected chi connectivity index (χ3v) is 20.9. The minimum absolute atomic E-state index is 0.0247. The maximum atomic E-state index is 12.6. The molecule has 3 N–H and O–H groups in total. The molecule has 0 aliphatic heterocycles. The van der Waals surface area contributed by atoms with Crippen LogP contribution in [0.25, 0.3) is 0 Å². The molecular weight excluding hydrogens is 1170 g/mol. The molecule has 6 heteroatoms. The van der Waals surface area contributed by atoms with Gasteiger partial charge in [-0.15, -0.1) is 0 Å². The summed E-state index contributed by atoms with van der Waals surface area (Å²) in [4.78, 5) is 24.7. The molecule has 0 radical (unpaired) electrons. The van der Waals surface area contributed by atoms with Gasteiger partial charge in [0, 0.05) is 12.8 Å². The zero-order chi connectivity index (χ0) is 69.1. The van der Waals surface area contributed by atoms with Gasteiger partial charge >= 0.3 is 5.97 Å². The lowest BCUT2D eigenvalue weighted by Crippen LogP contribution is -2.45. The van der Waals surface area contributed by atoms with Crippen LogP contribution >= 0.6 is 0 Å². The first-order valence-corrected chi connectivity index (χ1v) is 44.3. The summed E-state index contributed by atoms with van der Waals surface area (Å²) < 4.78 is 5.51. The van der Waals surface area contributed by atoms with E-state index in [1.165, 1.54) is 430 Å². The van der Waals surface area contributed by atoms with Crippen LogP contribution in [0.4, 0.5) is 0 Å². The molecule has 0 saturated heterocycles. The van der Waals surface area contributed by atoms with Crippen LogP contribution in [0.15, 0.2) is 36.5 Å². The molecule has 0 fully saturated rings. The number of nitrogens with one attached hydrogen (secondary N) is 1. The van der Waals surface area contributed by atoms with Crippen molar-refractivity contribution in [1.29, 1.82) is 0 Å². The van der Waals surface area contributed by atoms with Crippen LogP contribution in [0.5, 0.6) is 0 Å². The fourth-order valence-electron chi connectivity index (χ4n) is 14.2. The molecule has 0 aromatic rings. The first-order valence-electron chi connectivity index (χ1n) is 44.3. The van der Waals surface area contributed by atoms with Crippen LogP contribution in [0, 0.1) is 0 Å². The summed E-state index contributed by atoms with van der Waals surface area (Å²) in [5.74, 6) is -0.0347. The minimum Gasteiger partial charge on any atom is -0.466 e. The van der Waals surface area contributed by atoms with E-state index in [2.05, 4.69) is 43.5 Å². The van der Waals surface area contributed by atoms with E-state index in [0.29, 0.717) is 19.4 Å². The van der Waals surface area contributed by atoms with Gasteiger partial charge in [-0.2, -0.15) is 0 Å². The normalized spacial score (nSPS) is 12.6. The van der Waals surface area contributed by atoms with Gasteiger partial charge in [0.05, 0.1) is 25.4 Å². The van der Waals surface area contributed by atoms with Gasteiger partial charge in [-0.1, -0.05) is 461 Å². The molecule has 2 unspecified atom stereocenters. The summed E-state index contributed by atoms with van der Waals surface area (Å²) in [5.41, 5.74) is 0. The quantitative estimate of drug-likeness (QED) is 0.0320. The second-order valence-electron chi connectivity index (χ2n) is 30.6. The fourth-order valence-corrected chi connectivity index (χ4v) is 14.2. The van der Waals surface area contributed by atoms with Gasteiger partial charge < -0.3 is 20.3 Å². The molecule has 0 heterocycles. The van der Waals surface area contributed by atoms with E-state index >= 15 is 0 Å². The third kappa shape index (κ3) is 81.0. The Balaban J connectivity index is 3.37. The molecule has 0 aromatic carbocycles. The largest absolute Gasteiger partial charge is 0.466 e. The molecule has 0 saturated carbocycles. The first kappa shape index (κ1) is 94.1. The number of hydrogen-bond donors (Lipinski definition) is 3. The summed E-state index contributed by atoms with van der Waals surface area (Å²) in [6, 6.07) is -0.627. The zero-order valence-electron chi connectivity index (χ0n) is 65.4. The number of ether oxygens (including phenoxy) is 1. The Morgan fingerprint density at radius 3 is 0.792 bits per heavy atom. The maximum Gasteiger partial charge on any atom is 0.305 e. The lowest BCUT2D eigenvalue weighted by molar-refractivity contribution is -0.143. The molecule has 568 valence electrons. The lowest BCUT2D eigenvalue weighted by Gasteiger charge is -2.20. The number of allylic oxidation sites excluding steroid dienone is 5. The van der Waals surface area contributed by atoms with Gasteiger partial charge in [0.25, 0.3) is 0 Å². The zero-order valence-corrected chi connectivity index (χ0v) is 65.4. The number of rotatable bonds is 84. The van der Waals surface area contributed by atoms with Crippen LogP contribution < -0.4 is 5.32 Å². The van der Waals surface area contributed by atoms with Crippen molar-refractivity contribution >= 4 is 11.9 Å². The SMILES string of the molecule is CCCCCCCCCCCCCCCCCCCCCCCC/C=C/C(O)C(CO)NC(=O)CCCCCCCCCCCCCCCCCCC/C=C\C/C=C\CCCCCCCCCCCCCCCCCOC(=O)CCCCCCCCCCCCCCCCCC. The highest BCUT2D eigenvalue weighted by atomic mass is 16.5. The number of carbonyl (C=O) groups excluding carboxylic acids is 2. The number of hydrogen-bond acceptors (Lipinski definition) is 5. The predicted octanol–water partition coefficient (Wildman–Crippen LogP) is 29.7. The van der Waals surface area contributed by atoms with Crippen molar-refractivity contribution in [3.05, 3.63) is 36.5 Å². The van der Waals surface area contributed by atoms with Crippen molar-refractivity contribution in [3.63, 3.8) is 0 Å². The average molecular weight is 1350 g/mol. The van der Waals surface area contributed by atoms with Gasteiger partial charge in [0.2, 0.25) is 5.91 Å². The van der Waals surface area contributed by atoms with Crippen LogP contribution in [-0.4, -0.2) is 47.4 Å². The molecule has 0 bridgehead atoms. The van der Waals surface area contributed by atoms with E-state index in [1.807, 2.05) is 6.08 Å². The van der Waals surface area contributed by atoms with Crippen LogP contribution in [0.3, 0.4) is 0 Å². The predicted molar refractivity (Wildman–Crippen MR) is 426 cm³/mol. The third-order valence-electron chi connectivity index (χ3n) is 20.9. The second-order valence-corrected chi connectivity index (χ2v) is 30.6. The number of aliphatic hydroxyl groups is 2. The van der Waals surface area contributed by atoms with Gasteiger partial charge in [-0.25, -0.2) is 0 Å². The number of carbonyl (C=O) groups is 2. The number of aliphatic hydroxyl groups excluding tert-OH is 2. The van der Waals surface area contributed by atoms with Crippen LogP contribution in [0.1, 0.15) is 502 Å². The molecule has 0 aromatic heterocycles. The monoisotopic (exact) mass is 1350 g/mol. The Labute approximate surface area is 602 Å². The minimum atomic E-state index is -0.844. The van der Waals surface area contributed by atoms with Crippen molar-refractivity contribution in [2.24, 2.45) is 0 Å². The summed E-state index contributed by atoms with van der Waals surface area (Å²) in [5, 5.41) is 23.3. The van der Waals surface area contributed by atoms with Crippen molar-refractivity contribution in [1.82, 2.24) is 5.32 Å². The summed E-state index contributed by atoms with van der Waals surface area (Å²) >= 11 is 0. The molecule has 0 aliphatic carbocycles. The van der Waals surface area contributed by atoms with Crippen molar-refractivity contribution in [3.8, 4) is 0 Å². The average Bonchev–Trinajstić information content (AvgIpc) is 2.46. The van der Waals surface area contributed by atoms with E-state index in [9.17, 15) is 19.8 Å². The molecule has 2 atom stereocenters. The van der Waals surface area contributed by atoms with E-state index in [4.69, 9.17) is 4.74 Å². The lowest BCUT2D eigenvalue weighted by atomic mass is 10.0. The van der Waals surface area contributed by atoms with Crippen LogP contribution in [0.2, 0.25) is 0 Å². The number of amides is 1. The van der Waals surface area contributed by atoms with E-state index in [0.717, 1.165) is 44.9 Å². The Kier molecular flexibility index (Phi) is 83.8. The molecule has 96 heavy (non-hydrogen) atoms. The molecule has 0 spiro atoms. The van der Waals surface area contributed by atoms with E-state index in [-0.39, 0.29) is 18.5 Å². The Morgan fingerprint density at radius 2 is 0.521 bits per heavy atom. The molecule has 0 rings (SSSR count). The van der Waals surface area contributed by atoms with E-state index < -0.39 is 12.1 Å². The standard InChI is InChI=1S/C90H173NO5/c1-3-5-7-9-11-13-15-17-19-21-22-23-24-42-45-48-51-54-58-62-66-70-74-78-82-88(93)87(86-92)91-89(94)83-79-75-71-67-63-59-55-52-49-46-43-40-38-36-34-32-30-28-26-25-27-29-31-33-35-37-39-41-44-47-50-53-57-61-65-69-73-77-81-85-96-90(95)84-80-76-72-68-64-60-56-20-18-16-14-12-10-8-6-4-2/h25-26,29,31,78,82,87-88,92-93H,3-24,27-28,30,32-77,79-81,83-86H2,1-2H3,(H,91,94)/b26-25-,31-29-,82-78+. The van der Waals surface area contributed by atoms with E-state index in [1.54, 1.807) is 6.08 Å². The Morgan fingerprint density at radius 1 is 0.292 bits per heavy atom. The van der Waals surface area contributed by atoms with Crippen LogP contribution in [-0.2, 0) is 14.3 Å². The topological polar surface area (TPSA) is 95.9 Å². The number of esters is 1. The van der Waals surface area contributed by atoms with Gasteiger partial charge in [-0.05, 0) is 64.2 Å². The Bertz CT molecular complexity index is 1560. The fraction of sp³-hybridized carbons (Fsp3) is 0.911. The summed E-state index contributed by atoms with van der Waals surface area (Å²) in [6.45, 7) is 4.97. The van der Waals surface area contributed by atoms with Crippen molar-refractivity contribution < 1.29 is 24.5 Å². The maximum absolute atomic E-state index is 12.6. The van der Waals surface area contributed by atoms with Crippen molar-refractivity contribution in [2.45, 2.75) is 514 Å². The van der Waals surface area contributed by atoms with Gasteiger partial charge in [0.1, 0.15) is 0 Å². The molecule has 6 nitrogen and oxygen atoms in total. The number of unbranched alkanes of at least 4 members (excludes halogenated alkanes) is 69. The highest BCUT2D eigenvalue weighted by molar-refractivity contribution is 5.76.